The van der Waals surface area contributed by atoms with Gasteiger partial charge >= 0.3 is 5.97 Å². The van der Waals surface area contributed by atoms with Crippen LogP contribution in [0.3, 0.4) is 0 Å². The summed E-state index contributed by atoms with van der Waals surface area (Å²) in [7, 11) is 1.38. The first-order chi connectivity index (χ1) is 8.63. The van der Waals surface area contributed by atoms with Gasteiger partial charge in [-0.25, -0.2) is 4.79 Å². The second-order valence-electron chi connectivity index (χ2n) is 4.32. The lowest BCUT2D eigenvalue weighted by Crippen LogP contribution is -2.07. The maximum Gasteiger partial charge on any atom is 0.338 e. The van der Waals surface area contributed by atoms with Crippen LogP contribution in [0.2, 0.25) is 0 Å². The molecular weight excluding hydrogens is 228 g/mol. The molecule has 0 N–H and O–H groups in total. The first-order valence-corrected chi connectivity index (χ1v) is 5.90. The Bertz CT molecular complexity index is 573. The fourth-order valence-electron chi connectivity index (χ4n) is 1.92. The molecule has 94 valence electrons. The summed E-state index contributed by atoms with van der Waals surface area (Å²) in [6, 6.07) is 11.2. The third-order valence-corrected chi connectivity index (χ3v) is 2.65. The molecule has 0 heterocycles. The summed E-state index contributed by atoms with van der Waals surface area (Å²) < 4.78 is 10.5. The maximum atomic E-state index is 11.7. The van der Waals surface area contributed by atoms with Crippen LogP contribution in [0.15, 0.2) is 36.4 Å². The van der Waals surface area contributed by atoms with E-state index in [9.17, 15) is 4.79 Å². The van der Waals surface area contributed by atoms with Crippen molar-refractivity contribution in [3.8, 4) is 5.75 Å². The highest BCUT2D eigenvalue weighted by Crippen LogP contribution is 2.29. The first-order valence-electron chi connectivity index (χ1n) is 5.90. The van der Waals surface area contributed by atoms with Crippen molar-refractivity contribution in [1.29, 1.82) is 0 Å². The zero-order valence-corrected chi connectivity index (χ0v) is 10.8. The van der Waals surface area contributed by atoms with Crippen molar-refractivity contribution in [2.45, 2.75) is 20.0 Å². The average Bonchev–Trinajstić information content (AvgIpc) is 2.38. The second-order valence-corrected chi connectivity index (χ2v) is 4.32. The molecule has 0 spiro atoms. The van der Waals surface area contributed by atoms with Gasteiger partial charge in [0.25, 0.3) is 0 Å². The van der Waals surface area contributed by atoms with Gasteiger partial charge in [-0.05, 0) is 31.4 Å². The Labute approximate surface area is 106 Å². The topological polar surface area (TPSA) is 35.5 Å². The van der Waals surface area contributed by atoms with Gasteiger partial charge in [0.05, 0.1) is 18.8 Å². The predicted molar refractivity (Wildman–Crippen MR) is 71.1 cm³/mol. The highest BCUT2D eigenvalue weighted by atomic mass is 16.5. The van der Waals surface area contributed by atoms with Gasteiger partial charge in [0.1, 0.15) is 5.75 Å². The highest BCUT2D eigenvalue weighted by Gasteiger charge is 2.13. The molecule has 3 heteroatoms. The summed E-state index contributed by atoms with van der Waals surface area (Å²) in [6.45, 7) is 3.95. The molecule has 2 rings (SSSR count). The molecule has 0 amide bonds. The van der Waals surface area contributed by atoms with Crippen LogP contribution in [0.5, 0.6) is 5.75 Å². The highest BCUT2D eigenvalue weighted by molar-refractivity contribution is 6.06. The van der Waals surface area contributed by atoms with Crippen LogP contribution in [0, 0.1) is 0 Å². The molecule has 2 aromatic carbocycles. The van der Waals surface area contributed by atoms with Gasteiger partial charge in [0, 0.05) is 5.39 Å². The third kappa shape index (κ3) is 2.30. The minimum absolute atomic E-state index is 0.0948. The lowest BCUT2D eigenvalue weighted by molar-refractivity contribution is 0.0603. The number of hydrogen-bond donors (Lipinski definition) is 0. The number of esters is 1. The van der Waals surface area contributed by atoms with Crippen molar-refractivity contribution in [3.63, 3.8) is 0 Å². The number of carbonyl (C=O) groups is 1. The van der Waals surface area contributed by atoms with E-state index in [1.165, 1.54) is 7.11 Å². The standard InChI is InChI=1S/C15H16O3/c1-10(2)18-14-9-8-13(15(16)17-3)11-6-4-5-7-12(11)14/h4-10H,1-3H3. The molecule has 0 fully saturated rings. The number of rotatable bonds is 3. The lowest BCUT2D eigenvalue weighted by Gasteiger charge is -2.14. The molecule has 0 aromatic heterocycles. The largest absolute Gasteiger partial charge is 0.490 e. The van der Waals surface area contributed by atoms with Gasteiger partial charge in [0.15, 0.2) is 0 Å². The van der Waals surface area contributed by atoms with E-state index in [4.69, 9.17) is 9.47 Å². The Morgan fingerprint density at radius 2 is 1.72 bits per heavy atom. The van der Waals surface area contributed by atoms with Crippen LogP contribution >= 0.6 is 0 Å². The van der Waals surface area contributed by atoms with E-state index in [1.807, 2.05) is 44.2 Å². The van der Waals surface area contributed by atoms with Crippen molar-refractivity contribution in [1.82, 2.24) is 0 Å². The monoisotopic (exact) mass is 244 g/mol. The summed E-state index contributed by atoms with van der Waals surface area (Å²) in [5.74, 6) is 0.454. The summed E-state index contributed by atoms with van der Waals surface area (Å²) in [5, 5.41) is 1.77. The number of ether oxygens (including phenoxy) is 2. The summed E-state index contributed by atoms with van der Waals surface area (Å²) in [5.41, 5.74) is 0.559. The number of hydrogen-bond acceptors (Lipinski definition) is 3. The van der Waals surface area contributed by atoms with Gasteiger partial charge in [-0.2, -0.15) is 0 Å². The molecule has 0 saturated carbocycles. The summed E-state index contributed by atoms with van der Waals surface area (Å²) in [4.78, 5) is 11.7. The molecule has 18 heavy (non-hydrogen) atoms. The van der Waals surface area contributed by atoms with E-state index in [0.717, 1.165) is 16.5 Å². The normalized spacial score (nSPS) is 10.7. The Morgan fingerprint density at radius 3 is 2.33 bits per heavy atom. The molecule has 0 aliphatic heterocycles. The molecule has 0 bridgehead atoms. The van der Waals surface area contributed by atoms with Crippen LogP contribution in [-0.4, -0.2) is 19.2 Å². The summed E-state index contributed by atoms with van der Waals surface area (Å²) in [6.07, 6.45) is 0.0948. The van der Waals surface area contributed by atoms with E-state index >= 15 is 0 Å². The molecule has 0 unspecified atom stereocenters. The second kappa shape index (κ2) is 5.08. The van der Waals surface area contributed by atoms with Crippen LogP contribution < -0.4 is 4.74 Å². The predicted octanol–water partition coefficient (Wildman–Crippen LogP) is 3.41. The molecule has 0 saturated heterocycles. The fraction of sp³-hybridized carbons (Fsp3) is 0.267. The lowest BCUT2D eigenvalue weighted by atomic mass is 10.0. The van der Waals surface area contributed by atoms with Crippen molar-refractivity contribution < 1.29 is 14.3 Å². The van der Waals surface area contributed by atoms with E-state index in [1.54, 1.807) is 6.07 Å². The molecule has 3 nitrogen and oxygen atoms in total. The molecule has 0 aliphatic rings. The molecule has 0 atom stereocenters. The number of fused-ring (bicyclic) bond motifs is 1. The van der Waals surface area contributed by atoms with Crippen molar-refractivity contribution in [2.24, 2.45) is 0 Å². The molecule has 0 radical (unpaired) electrons. The van der Waals surface area contributed by atoms with E-state index in [-0.39, 0.29) is 12.1 Å². The van der Waals surface area contributed by atoms with E-state index < -0.39 is 0 Å². The van der Waals surface area contributed by atoms with Gasteiger partial charge < -0.3 is 9.47 Å². The van der Waals surface area contributed by atoms with E-state index in [0.29, 0.717) is 5.56 Å². The molecule has 2 aromatic rings. The number of methoxy groups -OCH3 is 1. The van der Waals surface area contributed by atoms with Crippen LogP contribution in [0.25, 0.3) is 10.8 Å². The van der Waals surface area contributed by atoms with Gasteiger partial charge in [0.2, 0.25) is 0 Å². The smallest absolute Gasteiger partial charge is 0.338 e. The average molecular weight is 244 g/mol. The zero-order valence-electron chi connectivity index (χ0n) is 10.8. The van der Waals surface area contributed by atoms with E-state index in [2.05, 4.69) is 0 Å². The third-order valence-electron chi connectivity index (χ3n) is 2.65. The van der Waals surface area contributed by atoms with Crippen LogP contribution in [0.1, 0.15) is 24.2 Å². The maximum absolute atomic E-state index is 11.7. The zero-order chi connectivity index (χ0) is 13.1. The Kier molecular flexibility index (Phi) is 3.51. The Hall–Kier alpha value is -2.03. The molecular formula is C15H16O3. The minimum atomic E-state index is -0.331. The molecule has 0 aliphatic carbocycles. The van der Waals surface area contributed by atoms with Gasteiger partial charge in [-0.3, -0.25) is 0 Å². The fourth-order valence-corrected chi connectivity index (χ4v) is 1.92. The summed E-state index contributed by atoms with van der Waals surface area (Å²) >= 11 is 0. The number of benzene rings is 2. The first kappa shape index (κ1) is 12.4. The minimum Gasteiger partial charge on any atom is -0.490 e. The van der Waals surface area contributed by atoms with Gasteiger partial charge in [-0.1, -0.05) is 24.3 Å². The van der Waals surface area contributed by atoms with Crippen molar-refractivity contribution in [3.05, 3.63) is 42.0 Å². The number of carbonyl (C=O) groups excluding carboxylic acids is 1. The van der Waals surface area contributed by atoms with Crippen molar-refractivity contribution in [2.75, 3.05) is 7.11 Å². The van der Waals surface area contributed by atoms with Crippen LogP contribution in [0.4, 0.5) is 0 Å². The Balaban J connectivity index is 2.62. The Morgan fingerprint density at radius 1 is 1.06 bits per heavy atom. The van der Waals surface area contributed by atoms with Gasteiger partial charge in [-0.15, -0.1) is 0 Å². The van der Waals surface area contributed by atoms with Crippen molar-refractivity contribution >= 4 is 16.7 Å². The van der Waals surface area contributed by atoms with Crippen LogP contribution in [-0.2, 0) is 4.74 Å². The SMILES string of the molecule is COC(=O)c1ccc(OC(C)C)c2ccccc12. The quantitative estimate of drug-likeness (QED) is 0.776.